The molecule has 0 unspecified atom stereocenters. The smallest absolute Gasteiger partial charge is 0.267 e. The zero-order chi connectivity index (χ0) is 15.1. The predicted molar refractivity (Wildman–Crippen MR) is 87.9 cm³/mol. The van der Waals surface area contributed by atoms with Crippen molar-refractivity contribution in [2.75, 3.05) is 5.32 Å². The van der Waals surface area contributed by atoms with Crippen molar-refractivity contribution in [3.05, 3.63) is 44.5 Å². The van der Waals surface area contributed by atoms with Gasteiger partial charge in [0.1, 0.15) is 4.88 Å². The molecule has 0 aliphatic carbocycles. The second kappa shape index (κ2) is 5.33. The normalized spacial score (nSPS) is 11.0. The van der Waals surface area contributed by atoms with Crippen LogP contribution in [-0.4, -0.2) is 16.1 Å². The van der Waals surface area contributed by atoms with E-state index in [0.29, 0.717) is 20.6 Å². The number of halogens is 2. The Morgan fingerprint density at radius 2 is 2.10 bits per heavy atom. The number of carbonyl (C=O) groups is 1. The molecule has 0 spiro atoms. The lowest BCUT2D eigenvalue weighted by Crippen LogP contribution is -2.11. The van der Waals surface area contributed by atoms with Crippen molar-refractivity contribution in [1.82, 2.24) is 10.2 Å². The molecule has 0 bridgehead atoms. The number of aromatic nitrogens is 2. The van der Waals surface area contributed by atoms with Crippen LogP contribution in [0.3, 0.4) is 0 Å². The summed E-state index contributed by atoms with van der Waals surface area (Å²) in [6.45, 7) is 3.67. The largest absolute Gasteiger partial charge is 0.318 e. The van der Waals surface area contributed by atoms with E-state index < -0.39 is 0 Å². The molecular formula is C14H11Cl2N3OS. The molecule has 2 aromatic heterocycles. The first-order chi connectivity index (χ1) is 9.97. The highest BCUT2D eigenvalue weighted by Gasteiger charge is 2.19. The molecule has 1 aromatic carbocycles. The molecule has 2 heterocycles. The lowest BCUT2D eigenvalue weighted by molar-refractivity contribution is 0.103. The molecule has 0 aliphatic heterocycles. The van der Waals surface area contributed by atoms with Crippen LogP contribution in [0.5, 0.6) is 0 Å². The summed E-state index contributed by atoms with van der Waals surface area (Å²) < 4.78 is 0.887. The lowest BCUT2D eigenvalue weighted by atomic mass is 10.2. The maximum atomic E-state index is 12.4. The minimum atomic E-state index is -0.245. The van der Waals surface area contributed by atoms with Gasteiger partial charge in [-0.15, -0.1) is 11.3 Å². The van der Waals surface area contributed by atoms with Gasteiger partial charge in [0.15, 0.2) is 0 Å². The monoisotopic (exact) mass is 339 g/mol. The van der Waals surface area contributed by atoms with Crippen LogP contribution >= 0.6 is 34.5 Å². The lowest BCUT2D eigenvalue weighted by Gasteiger charge is -2.03. The van der Waals surface area contributed by atoms with Crippen molar-refractivity contribution < 1.29 is 4.79 Å². The van der Waals surface area contributed by atoms with Crippen molar-refractivity contribution >= 4 is 56.2 Å². The molecule has 0 radical (unpaired) electrons. The van der Waals surface area contributed by atoms with Crippen LogP contribution in [0.15, 0.2) is 18.2 Å². The van der Waals surface area contributed by atoms with Gasteiger partial charge in [-0.05, 0) is 26.0 Å². The Balaban J connectivity index is 2.00. The highest BCUT2D eigenvalue weighted by atomic mass is 35.5. The second-order valence-corrected chi connectivity index (χ2v) is 6.52. The van der Waals surface area contributed by atoms with E-state index in [-0.39, 0.29) is 5.91 Å². The fourth-order valence-electron chi connectivity index (χ4n) is 2.09. The number of fused-ring (bicyclic) bond motifs is 1. The number of benzene rings is 1. The van der Waals surface area contributed by atoms with E-state index in [2.05, 4.69) is 15.5 Å². The van der Waals surface area contributed by atoms with E-state index in [0.717, 1.165) is 21.5 Å². The molecule has 1 amide bonds. The maximum absolute atomic E-state index is 12.4. The minimum absolute atomic E-state index is 0.245. The zero-order valence-corrected chi connectivity index (χ0v) is 13.6. The maximum Gasteiger partial charge on any atom is 0.267 e. The summed E-state index contributed by atoms with van der Waals surface area (Å²) in [5.74, 6) is -0.245. The minimum Gasteiger partial charge on any atom is -0.318 e. The van der Waals surface area contributed by atoms with Crippen LogP contribution in [0.25, 0.3) is 10.1 Å². The fraction of sp³-hybridized carbons (Fsp3) is 0.143. The molecule has 2 N–H and O–H groups in total. The van der Waals surface area contributed by atoms with Crippen LogP contribution in [0, 0.1) is 13.8 Å². The molecule has 0 saturated carbocycles. The molecule has 3 aromatic rings. The average Bonchev–Trinajstić information content (AvgIpc) is 2.93. The molecule has 0 fully saturated rings. The third kappa shape index (κ3) is 2.52. The Hall–Kier alpha value is -1.56. The van der Waals surface area contributed by atoms with Gasteiger partial charge < -0.3 is 5.32 Å². The average molecular weight is 340 g/mol. The number of aryl methyl sites for hydroxylation is 2. The van der Waals surface area contributed by atoms with Gasteiger partial charge in [0, 0.05) is 15.1 Å². The molecule has 21 heavy (non-hydrogen) atoms. The SMILES string of the molecule is Cc1n[nH]c(C)c1NC(=O)c1sc2cc(Cl)ccc2c1Cl. The van der Waals surface area contributed by atoms with Gasteiger partial charge in [-0.25, -0.2) is 0 Å². The third-order valence-corrected chi connectivity index (χ3v) is 5.06. The summed E-state index contributed by atoms with van der Waals surface area (Å²) in [5.41, 5.74) is 2.23. The Morgan fingerprint density at radius 1 is 1.33 bits per heavy atom. The van der Waals surface area contributed by atoms with Crippen LogP contribution < -0.4 is 5.32 Å². The summed E-state index contributed by atoms with van der Waals surface area (Å²) in [6.07, 6.45) is 0. The molecule has 4 nitrogen and oxygen atoms in total. The first-order valence-corrected chi connectivity index (χ1v) is 7.75. The van der Waals surface area contributed by atoms with Crippen LogP contribution in [-0.2, 0) is 0 Å². The highest BCUT2D eigenvalue weighted by molar-refractivity contribution is 7.21. The number of H-pyrrole nitrogens is 1. The molecule has 0 saturated heterocycles. The van der Waals surface area contributed by atoms with Crippen LogP contribution in [0.1, 0.15) is 21.1 Å². The number of carbonyl (C=O) groups excluding carboxylic acids is 1. The summed E-state index contributed by atoms with van der Waals surface area (Å²) in [4.78, 5) is 12.9. The number of nitrogens with zero attached hydrogens (tertiary/aromatic N) is 1. The van der Waals surface area contributed by atoms with Gasteiger partial charge in [0.05, 0.1) is 22.1 Å². The van der Waals surface area contributed by atoms with Crippen molar-refractivity contribution in [3.8, 4) is 0 Å². The number of hydrogen-bond donors (Lipinski definition) is 2. The van der Waals surface area contributed by atoms with E-state index in [1.54, 1.807) is 12.1 Å². The third-order valence-electron chi connectivity index (χ3n) is 3.16. The Kier molecular flexibility index (Phi) is 3.65. The molecule has 3 rings (SSSR count). The summed E-state index contributed by atoms with van der Waals surface area (Å²) in [7, 11) is 0. The van der Waals surface area contributed by atoms with E-state index in [4.69, 9.17) is 23.2 Å². The number of thiophene rings is 1. The Labute approximate surface area is 135 Å². The van der Waals surface area contributed by atoms with Crippen LogP contribution in [0.2, 0.25) is 10.0 Å². The van der Waals surface area contributed by atoms with E-state index in [1.165, 1.54) is 11.3 Å². The number of amides is 1. The topological polar surface area (TPSA) is 57.8 Å². The standard InChI is InChI=1S/C14H11Cl2N3OS/c1-6-12(7(2)19-18-6)17-14(20)13-11(16)9-4-3-8(15)5-10(9)21-13/h3-5H,1-2H3,(H,17,20)(H,18,19). The quantitative estimate of drug-likeness (QED) is 0.704. The Bertz CT molecular complexity index is 834. The fourth-order valence-corrected chi connectivity index (χ4v) is 3.78. The Morgan fingerprint density at radius 3 is 2.76 bits per heavy atom. The molecule has 0 aliphatic rings. The van der Waals surface area contributed by atoms with E-state index in [9.17, 15) is 4.79 Å². The van der Waals surface area contributed by atoms with Gasteiger partial charge >= 0.3 is 0 Å². The van der Waals surface area contributed by atoms with E-state index in [1.807, 2.05) is 19.9 Å². The molecular weight excluding hydrogens is 329 g/mol. The highest BCUT2D eigenvalue weighted by Crippen LogP contribution is 2.37. The van der Waals surface area contributed by atoms with Crippen LogP contribution in [0.4, 0.5) is 5.69 Å². The number of rotatable bonds is 2. The summed E-state index contributed by atoms with van der Waals surface area (Å²) >= 11 is 13.6. The van der Waals surface area contributed by atoms with Gasteiger partial charge in [0.2, 0.25) is 0 Å². The zero-order valence-electron chi connectivity index (χ0n) is 11.3. The number of hydrogen-bond acceptors (Lipinski definition) is 3. The van der Waals surface area contributed by atoms with Crippen molar-refractivity contribution in [2.24, 2.45) is 0 Å². The van der Waals surface area contributed by atoms with Gasteiger partial charge in [-0.1, -0.05) is 29.3 Å². The molecule has 108 valence electrons. The number of nitrogens with one attached hydrogen (secondary N) is 2. The van der Waals surface area contributed by atoms with E-state index >= 15 is 0 Å². The molecule has 0 atom stereocenters. The second-order valence-electron chi connectivity index (χ2n) is 4.65. The number of anilines is 1. The first kappa shape index (κ1) is 14.4. The van der Waals surface area contributed by atoms with Gasteiger partial charge in [-0.3, -0.25) is 9.89 Å². The summed E-state index contributed by atoms with van der Waals surface area (Å²) in [6, 6.07) is 5.38. The van der Waals surface area contributed by atoms with Gasteiger partial charge in [0.25, 0.3) is 5.91 Å². The first-order valence-electron chi connectivity index (χ1n) is 6.18. The molecule has 7 heteroatoms. The van der Waals surface area contributed by atoms with Crippen molar-refractivity contribution in [2.45, 2.75) is 13.8 Å². The van der Waals surface area contributed by atoms with Crippen molar-refractivity contribution in [1.29, 1.82) is 0 Å². The van der Waals surface area contributed by atoms with Crippen molar-refractivity contribution in [3.63, 3.8) is 0 Å². The number of aromatic amines is 1. The van der Waals surface area contributed by atoms with Gasteiger partial charge in [-0.2, -0.15) is 5.10 Å². The summed E-state index contributed by atoms with van der Waals surface area (Å²) in [5, 5.41) is 11.6. The predicted octanol–water partition coefficient (Wildman–Crippen LogP) is 4.80.